The van der Waals surface area contributed by atoms with Gasteiger partial charge < -0.3 is 9.16 Å². The number of hydrogen-bond donors (Lipinski definition) is 0. The topological polar surface area (TPSA) is 35.5 Å². The molecule has 5 heteroatoms. The Labute approximate surface area is 177 Å². The van der Waals surface area contributed by atoms with Gasteiger partial charge in [-0.3, -0.25) is 4.79 Å². The van der Waals surface area contributed by atoms with Crippen LogP contribution in [-0.4, -0.2) is 31.4 Å². The Morgan fingerprint density at radius 3 is 1.85 bits per heavy atom. The molecule has 0 fully saturated rings. The lowest BCUT2D eigenvalue weighted by molar-refractivity contribution is -0.144. The minimum absolute atomic E-state index is 0.103. The molecule has 0 saturated carbocycles. The maximum atomic E-state index is 12.1. The van der Waals surface area contributed by atoms with E-state index in [1.165, 1.54) is 10.4 Å². The van der Waals surface area contributed by atoms with Crippen molar-refractivity contribution in [2.24, 2.45) is 0 Å². The zero-order chi connectivity index (χ0) is 19.9. The third kappa shape index (κ3) is 5.21. The van der Waals surface area contributed by atoms with Crippen LogP contribution in [0.1, 0.15) is 34.1 Å². The molecule has 0 N–H and O–H groups in total. The van der Waals surface area contributed by atoms with E-state index in [0.717, 1.165) is 4.43 Å². The van der Waals surface area contributed by atoms with Gasteiger partial charge in [-0.25, -0.2) is 0 Å². The van der Waals surface area contributed by atoms with Gasteiger partial charge >= 0.3 is 5.97 Å². The molecule has 146 valence electrons. The van der Waals surface area contributed by atoms with E-state index in [1.54, 1.807) is 0 Å². The number of rotatable bonds is 8. The smallest absolute Gasteiger partial charge is 0.308 e. The molecule has 2 aromatic carbocycles. The van der Waals surface area contributed by atoms with E-state index in [0.29, 0.717) is 6.61 Å². The fourth-order valence-electron chi connectivity index (χ4n) is 3.47. The SMILES string of the molecule is CCOC(=O)C[C@H](CI)O[Si](c1ccccc1)(c1ccccc1)C(C)(C)C. The fraction of sp³-hybridized carbons (Fsp3) is 0.409. The Balaban J connectivity index is 2.56. The van der Waals surface area contributed by atoms with Crippen LogP contribution in [0.15, 0.2) is 60.7 Å². The van der Waals surface area contributed by atoms with E-state index in [1.807, 2.05) is 19.1 Å². The van der Waals surface area contributed by atoms with Crippen molar-refractivity contribution >= 4 is 47.3 Å². The van der Waals surface area contributed by atoms with Gasteiger partial charge in [-0.05, 0) is 22.3 Å². The van der Waals surface area contributed by atoms with Crippen molar-refractivity contribution in [3.05, 3.63) is 60.7 Å². The van der Waals surface area contributed by atoms with E-state index >= 15 is 0 Å². The van der Waals surface area contributed by atoms with Gasteiger partial charge in [0.05, 0.1) is 19.1 Å². The number of ether oxygens (including phenoxy) is 1. The zero-order valence-corrected chi connectivity index (χ0v) is 19.7. The summed E-state index contributed by atoms with van der Waals surface area (Å²) in [6.07, 6.45) is 0.0947. The van der Waals surface area contributed by atoms with Gasteiger partial charge in [0.2, 0.25) is 0 Å². The zero-order valence-electron chi connectivity index (χ0n) is 16.6. The Bertz CT molecular complexity index is 674. The molecule has 0 aliphatic carbocycles. The molecule has 0 radical (unpaired) electrons. The molecule has 0 unspecified atom stereocenters. The number of carbonyl (C=O) groups excluding carboxylic acids is 1. The summed E-state index contributed by atoms with van der Waals surface area (Å²) < 4.78 is 12.9. The highest BCUT2D eigenvalue weighted by Gasteiger charge is 2.51. The summed E-state index contributed by atoms with van der Waals surface area (Å²) in [5.41, 5.74) is 0. The minimum atomic E-state index is -2.64. The van der Waals surface area contributed by atoms with Gasteiger partial charge in [-0.2, -0.15) is 0 Å². The maximum Gasteiger partial charge on any atom is 0.308 e. The number of carbonyl (C=O) groups is 1. The summed E-state index contributed by atoms with van der Waals surface area (Å²) in [5, 5.41) is 2.35. The molecule has 0 amide bonds. The summed E-state index contributed by atoms with van der Waals surface area (Å²) >= 11 is 2.31. The first kappa shape index (κ1) is 22.1. The van der Waals surface area contributed by atoms with Gasteiger partial charge in [-0.1, -0.05) is 104 Å². The van der Waals surface area contributed by atoms with Crippen LogP contribution in [0, 0.1) is 0 Å². The molecular weight excluding hydrogens is 467 g/mol. The second-order valence-corrected chi connectivity index (χ2v) is 12.7. The quantitative estimate of drug-likeness (QED) is 0.236. The highest BCUT2D eigenvalue weighted by Crippen LogP contribution is 2.38. The molecule has 0 heterocycles. The van der Waals surface area contributed by atoms with E-state index in [-0.39, 0.29) is 23.5 Å². The minimum Gasteiger partial charge on any atom is -0.466 e. The van der Waals surface area contributed by atoms with Crippen molar-refractivity contribution in [3.63, 3.8) is 0 Å². The molecule has 3 nitrogen and oxygen atoms in total. The Kier molecular flexibility index (Phi) is 8.06. The Morgan fingerprint density at radius 1 is 1.00 bits per heavy atom. The van der Waals surface area contributed by atoms with Crippen LogP contribution in [0.3, 0.4) is 0 Å². The van der Waals surface area contributed by atoms with Gasteiger partial charge in [-0.15, -0.1) is 0 Å². The van der Waals surface area contributed by atoms with E-state index in [9.17, 15) is 4.79 Å². The van der Waals surface area contributed by atoms with E-state index < -0.39 is 8.32 Å². The number of alkyl halides is 1. The maximum absolute atomic E-state index is 12.1. The van der Waals surface area contributed by atoms with Crippen molar-refractivity contribution in [3.8, 4) is 0 Å². The normalized spacial score (nSPS) is 13.2. The van der Waals surface area contributed by atoms with Crippen molar-refractivity contribution in [2.45, 2.75) is 45.3 Å². The largest absolute Gasteiger partial charge is 0.466 e. The van der Waals surface area contributed by atoms with Crippen molar-refractivity contribution in [1.29, 1.82) is 0 Å². The predicted octanol–water partition coefficient (Wildman–Crippen LogP) is 4.32. The van der Waals surface area contributed by atoms with Gasteiger partial charge in [0, 0.05) is 4.43 Å². The number of esters is 1. The molecule has 0 aliphatic heterocycles. The molecule has 0 spiro atoms. The first-order valence-corrected chi connectivity index (χ1v) is 12.8. The first-order chi connectivity index (χ1) is 12.8. The molecule has 2 rings (SSSR count). The van der Waals surface area contributed by atoms with Crippen LogP contribution in [0.4, 0.5) is 0 Å². The Hall–Kier alpha value is -1.18. The summed E-state index contributed by atoms with van der Waals surface area (Å²) in [5.74, 6) is -0.197. The molecule has 0 saturated heterocycles. The predicted molar refractivity (Wildman–Crippen MR) is 123 cm³/mol. The number of benzene rings is 2. The van der Waals surface area contributed by atoms with Crippen molar-refractivity contribution < 1.29 is 14.0 Å². The Morgan fingerprint density at radius 2 is 1.48 bits per heavy atom. The molecule has 1 atom stereocenters. The summed E-state index contributed by atoms with van der Waals surface area (Å²) in [4.78, 5) is 12.1. The van der Waals surface area contributed by atoms with Crippen LogP contribution in [0.25, 0.3) is 0 Å². The van der Waals surface area contributed by atoms with Crippen LogP contribution in [-0.2, 0) is 14.0 Å². The molecule has 0 bridgehead atoms. The average molecular weight is 496 g/mol. The summed E-state index contributed by atoms with van der Waals surface area (Å²) in [7, 11) is -2.64. The highest BCUT2D eigenvalue weighted by molar-refractivity contribution is 14.1. The third-order valence-corrected chi connectivity index (χ3v) is 10.7. The summed E-state index contributed by atoms with van der Waals surface area (Å²) in [6.45, 7) is 8.96. The number of hydrogen-bond acceptors (Lipinski definition) is 3. The average Bonchev–Trinajstić information content (AvgIpc) is 2.65. The van der Waals surface area contributed by atoms with Crippen LogP contribution < -0.4 is 10.4 Å². The van der Waals surface area contributed by atoms with Gasteiger partial charge in [0.1, 0.15) is 0 Å². The standard InChI is InChI=1S/C22H29IO3Si/c1-5-25-21(24)16-18(17-23)26-27(22(2,3)4,19-12-8-6-9-13-19)20-14-10-7-11-15-20/h6-15,18H,5,16-17H2,1-4H3/t18-/m1/s1. The van der Waals surface area contributed by atoms with Gasteiger partial charge in [0.25, 0.3) is 8.32 Å². The second-order valence-electron chi connectivity index (χ2n) is 7.57. The lowest BCUT2D eigenvalue weighted by atomic mass is 10.2. The first-order valence-electron chi connectivity index (χ1n) is 9.35. The van der Waals surface area contributed by atoms with Crippen molar-refractivity contribution in [1.82, 2.24) is 0 Å². The summed E-state index contributed by atoms with van der Waals surface area (Å²) in [6, 6.07) is 21.0. The fourth-order valence-corrected chi connectivity index (χ4v) is 8.99. The van der Waals surface area contributed by atoms with E-state index in [4.69, 9.17) is 9.16 Å². The monoisotopic (exact) mass is 496 g/mol. The number of halogens is 1. The molecule has 27 heavy (non-hydrogen) atoms. The lowest BCUT2D eigenvalue weighted by Crippen LogP contribution is -2.68. The third-order valence-electron chi connectivity index (χ3n) is 4.63. The molecule has 0 aliphatic rings. The highest BCUT2D eigenvalue weighted by atomic mass is 127. The van der Waals surface area contributed by atoms with Gasteiger partial charge in [0.15, 0.2) is 0 Å². The molecule has 2 aromatic rings. The lowest BCUT2D eigenvalue weighted by Gasteiger charge is -2.45. The van der Waals surface area contributed by atoms with Crippen LogP contribution in [0.2, 0.25) is 5.04 Å². The van der Waals surface area contributed by atoms with Crippen molar-refractivity contribution in [2.75, 3.05) is 11.0 Å². The van der Waals surface area contributed by atoms with Crippen LogP contribution in [0.5, 0.6) is 0 Å². The molecule has 0 aromatic heterocycles. The van der Waals surface area contributed by atoms with Crippen LogP contribution >= 0.6 is 22.6 Å². The molecular formula is C22H29IO3Si. The van der Waals surface area contributed by atoms with E-state index in [2.05, 4.69) is 91.9 Å². The second kappa shape index (κ2) is 9.84.